The van der Waals surface area contributed by atoms with Gasteiger partial charge >= 0.3 is 21.3 Å². The van der Waals surface area contributed by atoms with Crippen LogP contribution in [0, 0.1) is 0 Å². The third kappa shape index (κ3) is 3.84. The average Bonchev–Trinajstić information content (AvgIpc) is 2.86. The van der Waals surface area contributed by atoms with Gasteiger partial charge in [-0.25, -0.2) is 14.8 Å². The monoisotopic (exact) mass is 446 g/mol. The van der Waals surface area contributed by atoms with Crippen LogP contribution in [0.5, 0.6) is 17.5 Å². The first-order chi connectivity index (χ1) is 13.8. The molecule has 0 spiro atoms. The molecule has 13 heteroatoms. The summed E-state index contributed by atoms with van der Waals surface area (Å²) in [5.74, 6) is -0.595. The fourth-order valence-electron chi connectivity index (χ4n) is 2.76. The van der Waals surface area contributed by atoms with E-state index in [0.29, 0.717) is 16.7 Å². The largest absolute Gasteiger partial charge is 0.534 e. The van der Waals surface area contributed by atoms with Gasteiger partial charge in [0.1, 0.15) is 5.75 Å². The van der Waals surface area contributed by atoms with Crippen LogP contribution < -0.4 is 14.6 Å². The molecule has 0 saturated carbocycles. The Morgan fingerprint density at radius 2 is 1.77 bits per heavy atom. The molecule has 0 aromatic carbocycles. The standard InChI is InChI=1S/C17H17F3N4O5S/c1-9(2)14-15-11(23(3)16(25)24(15)4)7-13(22-14)28-10-5-6-12(21-8-10)29-30(26,27)17(18,19)20/h5-9H,1-4H3. The zero-order valence-electron chi connectivity index (χ0n) is 16.3. The second-order valence-electron chi connectivity index (χ2n) is 6.69. The van der Waals surface area contributed by atoms with Crippen LogP contribution in [0.25, 0.3) is 11.0 Å². The first kappa shape index (κ1) is 21.6. The van der Waals surface area contributed by atoms with Gasteiger partial charge in [0.05, 0.1) is 22.9 Å². The molecule has 0 radical (unpaired) electrons. The highest BCUT2D eigenvalue weighted by atomic mass is 32.2. The van der Waals surface area contributed by atoms with E-state index >= 15 is 0 Å². The summed E-state index contributed by atoms with van der Waals surface area (Å²) in [7, 11) is -2.58. The average molecular weight is 446 g/mol. The Hall–Kier alpha value is -3.09. The number of imidazole rings is 1. The van der Waals surface area contributed by atoms with Crippen LogP contribution >= 0.6 is 0 Å². The van der Waals surface area contributed by atoms with E-state index in [1.54, 1.807) is 20.2 Å². The van der Waals surface area contributed by atoms with Crippen LogP contribution in [0.1, 0.15) is 25.5 Å². The predicted octanol–water partition coefficient (Wildman–Crippen LogP) is 2.81. The molecule has 3 aromatic heterocycles. The SMILES string of the molecule is CC(C)c1nc(Oc2ccc(OS(=O)(=O)C(F)(F)F)nc2)cc2c1n(C)c(=O)n2C. The van der Waals surface area contributed by atoms with E-state index in [2.05, 4.69) is 14.2 Å². The third-order valence-electron chi connectivity index (χ3n) is 4.20. The van der Waals surface area contributed by atoms with Crippen molar-refractivity contribution in [2.24, 2.45) is 14.1 Å². The predicted molar refractivity (Wildman–Crippen MR) is 100.0 cm³/mol. The molecule has 0 fully saturated rings. The molecule has 30 heavy (non-hydrogen) atoms. The number of rotatable bonds is 5. The summed E-state index contributed by atoms with van der Waals surface area (Å²) >= 11 is 0. The number of halogens is 3. The molecule has 0 aliphatic carbocycles. The van der Waals surface area contributed by atoms with E-state index in [1.165, 1.54) is 15.2 Å². The van der Waals surface area contributed by atoms with E-state index in [0.717, 1.165) is 12.3 Å². The molecule has 0 amide bonds. The van der Waals surface area contributed by atoms with Crippen molar-refractivity contribution in [2.45, 2.75) is 25.3 Å². The molecular formula is C17H17F3N4O5S. The van der Waals surface area contributed by atoms with E-state index in [1.807, 2.05) is 13.8 Å². The molecule has 3 rings (SSSR count). The Morgan fingerprint density at radius 1 is 1.10 bits per heavy atom. The fourth-order valence-corrected chi connectivity index (χ4v) is 3.17. The van der Waals surface area contributed by atoms with Crippen molar-refractivity contribution in [1.82, 2.24) is 19.1 Å². The van der Waals surface area contributed by atoms with Crippen LogP contribution in [0.3, 0.4) is 0 Å². The molecular weight excluding hydrogens is 429 g/mol. The number of hydrogen-bond acceptors (Lipinski definition) is 7. The van der Waals surface area contributed by atoms with Gasteiger partial charge in [0, 0.05) is 26.2 Å². The smallest absolute Gasteiger partial charge is 0.437 e. The number of alkyl halides is 3. The molecule has 0 aliphatic rings. The summed E-state index contributed by atoms with van der Waals surface area (Å²) < 4.78 is 71.7. The molecule has 9 nitrogen and oxygen atoms in total. The summed E-state index contributed by atoms with van der Waals surface area (Å²) in [5.41, 5.74) is -3.95. The zero-order valence-corrected chi connectivity index (χ0v) is 17.1. The second kappa shape index (κ2) is 7.31. The van der Waals surface area contributed by atoms with Crippen molar-refractivity contribution in [3.05, 3.63) is 40.6 Å². The number of nitrogens with zero attached hydrogens (tertiary/aromatic N) is 4. The summed E-state index contributed by atoms with van der Waals surface area (Å²) in [5, 5.41) is 0. The van der Waals surface area contributed by atoms with Gasteiger partial charge in [-0.05, 0) is 12.0 Å². The van der Waals surface area contributed by atoms with Crippen molar-refractivity contribution in [2.75, 3.05) is 0 Å². The quantitative estimate of drug-likeness (QED) is 0.438. The van der Waals surface area contributed by atoms with Gasteiger partial charge in [-0.1, -0.05) is 13.8 Å². The lowest BCUT2D eigenvalue weighted by molar-refractivity contribution is -0.0501. The summed E-state index contributed by atoms with van der Waals surface area (Å²) in [6.07, 6.45) is 0.992. The van der Waals surface area contributed by atoms with Gasteiger partial charge in [0.2, 0.25) is 11.8 Å². The minimum Gasteiger partial charge on any atom is -0.437 e. The Kier molecular flexibility index (Phi) is 5.26. The lowest BCUT2D eigenvalue weighted by Gasteiger charge is -2.12. The molecule has 3 aromatic rings. The van der Waals surface area contributed by atoms with Gasteiger partial charge < -0.3 is 8.92 Å². The van der Waals surface area contributed by atoms with Gasteiger partial charge in [-0.3, -0.25) is 9.13 Å². The van der Waals surface area contributed by atoms with Gasteiger partial charge in [0.25, 0.3) is 0 Å². The maximum atomic E-state index is 12.4. The Morgan fingerprint density at radius 3 is 2.30 bits per heavy atom. The highest BCUT2D eigenvalue weighted by molar-refractivity contribution is 7.87. The van der Waals surface area contributed by atoms with E-state index in [-0.39, 0.29) is 23.2 Å². The maximum absolute atomic E-state index is 12.4. The Balaban J connectivity index is 1.93. The zero-order chi connectivity index (χ0) is 22.4. The van der Waals surface area contributed by atoms with Gasteiger partial charge in [-0.2, -0.15) is 21.6 Å². The number of aryl methyl sites for hydroxylation is 2. The van der Waals surface area contributed by atoms with Gasteiger partial charge in [-0.15, -0.1) is 0 Å². The first-order valence-electron chi connectivity index (χ1n) is 8.53. The summed E-state index contributed by atoms with van der Waals surface area (Å²) in [6.45, 7) is 3.80. The van der Waals surface area contributed by atoms with E-state index in [9.17, 15) is 26.4 Å². The number of hydrogen-bond donors (Lipinski definition) is 0. The Labute approximate surface area is 168 Å². The Bertz CT molecular complexity index is 1260. The molecule has 0 N–H and O–H groups in total. The number of fused-ring (bicyclic) bond motifs is 1. The van der Waals surface area contributed by atoms with Crippen LogP contribution in [0.4, 0.5) is 13.2 Å². The van der Waals surface area contributed by atoms with E-state index < -0.39 is 21.5 Å². The lowest BCUT2D eigenvalue weighted by atomic mass is 10.1. The highest BCUT2D eigenvalue weighted by Gasteiger charge is 2.48. The summed E-state index contributed by atoms with van der Waals surface area (Å²) in [4.78, 5) is 20.2. The molecule has 0 bridgehead atoms. The van der Waals surface area contributed by atoms with Crippen LogP contribution in [-0.2, 0) is 24.2 Å². The van der Waals surface area contributed by atoms with Gasteiger partial charge in [0.15, 0.2) is 0 Å². The fraction of sp³-hybridized carbons (Fsp3) is 0.353. The molecule has 0 aliphatic heterocycles. The molecule has 162 valence electrons. The van der Waals surface area contributed by atoms with Crippen molar-refractivity contribution >= 4 is 21.2 Å². The van der Waals surface area contributed by atoms with Crippen molar-refractivity contribution < 1.29 is 30.5 Å². The minimum absolute atomic E-state index is 0.0365. The second-order valence-corrected chi connectivity index (χ2v) is 8.22. The third-order valence-corrected chi connectivity index (χ3v) is 5.16. The minimum atomic E-state index is -5.82. The summed E-state index contributed by atoms with van der Waals surface area (Å²) in [6, 6.07) is 3.64. The van der Waals surface area contributed by atoms with Crippen molar-refractivity contribution in [3.8, 4) is 17.5 Å². The van der Waals surface area contributed by atoms with Crippen molar-refractivity contribution in [1.29, 1.82) is 0 Å². The molecule has 0 unspecified atom stereocenters. The number of pyridine rings is 2. The maximum Gasteiger partial charge on any atom is 0.534 e. The normalized spacial score (nSPS) is 12.5. The number of aromatic nitrogens is 4. The molecule has 3 heterocycles. The van der Waals surface area contributed by atoms with Crippen LogP contribution in [0.15, 0.2) is 29.2 Å². The van der Waals surface area contributed by atoms with Crippen LogP contribution in [-0.4, -0.2) is 33.0 Å². The molecule has 0 atom stereocenters. The lowest BCUT2D eigenvalue weighted by Crippen LogP contribution is -2.28. The molecule has 0 saturated heterocycles. The first-order valence-corrected chi connectivity index (χ1v) is 9.93. The van der Waals surface area contributed by atoms with E-state index in [4.69, 9.17) is 4.74 Å². The van der Waals surface area contributed by atoms with Crippen LogP contribution in [0.2, 0.25) is 0 Å². The topological polar surface area (TPSA) is 105 Å². The number of ether oxygens (including phenoxy) is 1. The highest BCUT2D eigenvalue weighted by Crippen LogP contribution is 2.30. The van der Waals surface area contributed by atoms with Crippen molar-refractivity contribution in [3.63, 3.8) is 0 Å².